The lowest BCUT2D eigenvalue weighted by atomic mass is 9.78. The largest absolute Gasteiger partial charge is 0.381 e. The second kappa shape index (κ2) is 6.87. The highest BCUT2D eigenvalue weighted by molar-refractivity contribution is 5.83. The summed E-state index contributed by atoms with van der Waals surface area (Å²) in [7, 11) is 4.10. The summed E-state index contributed by atoms with van der Waals surface area (Å²) in [6.07, 6.45) is 1.44. The van der Waals surface area contributed by atoms with Crippen LogP contribution in [-0.2, 0) is 9.53 Å². The molecule has 1 saturated heterocycles. The van der Waals surface area contributed by atoms with E-state index in [0.717, 1.165) is 19.4 Å². The second-order valence-corrected chi connectivity index (χ2v) is 7.02. The molecule has 0 aliphatic carbocycles. The molecule has 5 heteroatoms. The topological polar surface area (TPSA) is 67.6 Å². The normalized spacial score (nSPS) is 20.8. The Bertz CT molecular complexity index is 323. The molecule has 1 rings (SSSR count). The highest BCUT2D eigenvalue weighted by Crippen LogP contribution is 2.31. The van der Waals surface area contributed by atoms with Crippen LogP contribution in [0, 0.1) is 10.8 Å². The molecule has 0 radical (unpaired) electrons. The molecule has 1 unspecified atom stereocenters. The number of nitrogens with zero attached hydrogens (tertiary/aromatic N) is 1. The van der Waals surface area contributed by atoms with E-state index in [1.807, 2.05) is 0 Å². The first-order chi connectivity index (χ1) is 9.23. The summed E-state index contributed by atoms with van der Waals surface area (Å²) in [5.41, 5.74) is 5.45. The van der Waals surface area contributed by atoms with Crippen molar-refractivity contribution in [3.05, 3.63) is 0 Å². The van der Waals surface area contributed by atoms with Crippen molar-refractivity contribution >= 4 is 5.91 Å². The lowest BCUT2D eigenvalue weighted by Gasteiger charge is -2.39. The lowest BCUT2D eigenvalue weighted by Crippen LogP contribution is -2.55. The van der Waals surface area contributed by atoms with Crippen molar-refractivity contribution in [3.8, 4) is 0 Å². The van der Waals surface area contributed by atoms with E-state index in [0.29, 0.717) is 19.8 Å². The smallest absolute Gasteiger partial charge is 0.227 e. The van der Waals surface area contributed by atoms with E-state index in [-0.39, 0.29) is 17.4 Å². The van der Waals surface area contributed by atoms with E-state index in [1.165, 1.54) is 0 Å². The Kier molecular flexibility index (Phi) is 5.98. The maximum Gasteiger partial charge on any atom is 0.227 e. The fraction of sp³-hybridized carbons (Fsp3) is 0.933. The quantitative estimate of drug-likeness (QED) is 0.759. The Morgan fingerprint density at radius 3 is 2.40 bits per heavy atom. The standard InChI is InChI=1S/C15H31N3O2/c1-12(14(2,3)11-18(4)5)17-13(19)15(10-16)6-8-20-9-7-15/h12H,6-11,16H2,1-5H3,(H,17,19). The minimum Gasteiger partial charge on any atom is -0.381 e. The second-order valence-electron chi connectivity index (χ2n) is 7.02. The molecule has 0 spiro atoms. The van der Waals surface area contributed by atoms with Gasteiger partial charge in [-0.2, -0.15) is 0 Å². The summed E-state index contributed by atoms with van der Waals surface area (Å²) >= 11 is 0. The minimum atomic E-state index is -0.444. The Labute approximate surface area is 123 Å². The number of hydrogen-bond donors (Lipinski definition) is 2. The van der Waals surface area contributed by atoms with Gasteiger partial charge in [-0.15, -0.1) is 0 Å². The van der Waals surface area contributed by atoms with Crippen LogP contribution in [0.2, 0.25) is 0 Å². The maximum atomic E-state index is 12.6. The Hall–Kier alpha value is -0.650. The molecule has 20 heavy (non-hydrogen) atoms. The molecule has 1 heterocycles. The van der Waals surface area contributed by atoms with Crippen molar-refractivity contribution in [2.45, 2.75) is 39.7 Å². The molecule has 0 aromatic carbocycles. The molecule has 1 aliphatic heterocycles. The van der Waals surface area contributed by atoms with Gasteiger partial charge in [0.25, 0.3) is 0 Å². The van der Waals surface area contributed by atoms with Crippen molar-refractivity contribution in [3.63, 3.8) is 0 Å². The van der Waals surface area contributed by atoms with E-state index < -0.39 is 5.41 Å². The third kappa shape index (κ3) is 4.17. The Morgan fingerprint density at radius 1 is 1.40 bits per heavy atom. The SMILES string of the molecule is CC(NC(=O)C1(CN)CCOCC1)C(C)(C)CN(C)C. The van der Waals surface area contributed by atoms with Crippen molar-refractivity contribution in [2.24, 2.45) is 16.6 Å². The van der Waals surface area contributed by atoms with Crippen molar-refractivity contribution in [1.82, 2.24) is 10.2 Å². The predicted octanol–water partition coefficient (Wildman–Crippen LogP) is 0.834. The fourth-order valence-electron chi connectivity index (χ4n) is 2.78. The molecule has 5 nitrogen and oxygen atoms in total. The van der Waals surface area contributed by atoms with Crippen molar-refractivity contribution in [1.29, 1.82) is 0 Å². The van der Waals surface area contributed by atoms with Gasteiger partial charge in [-0.1, -0.05) is 13.8 Å². The number of carbonyl (C=O) groups is 1. The molecule has 1 aliphatic rings. The van der Waals surface area contributed by atoms with Gasteiger partial charge in [0, 0.05) is 32.3 Å². The van der Waals surface area contributed by atoms with Gasteiger partial charge in [-0.3, -0.25) is 4.79 Å². The Morgan fingerprint density at radius 2 is 1.95 bits per heavy atom. The number of ether oxygens (including phenoxy) is 1. The monoisotopic (exact) mass is 285 g/mol. The zero-order chi connectivity index (χ0) is 15.4. The number of hydrogen-bond acceptors (Lipinski definition) is 4. The zero-order valence-corrected chi connectivity index (χ0v) is 13.7. The summed E-state index contributed by atoms with van der Waals surface area (Å²) in [5.74, 6) is 0.0858. The molecule has 0 aromatic rings. The molecular formula is C15H31N3O2. The first-order valence-corrected chi connectivity index (χ1v) is 7.47. The average Bonchev–Trinajstić information content (AvgIpc) is 2.37. The van der Waals surface area contributed by atoms with Crippen LogP contribution in [0.5, 0.6) is 0 Å². The van der Waals surface area contributed by atoms with Crippen molar-refractivity contribution in [2.75, 3.05) is 40.4 Å². The van der Waals surface area contributed by atoms with Crippen LogP contribution in [0.1, 0.15) is 33.6 Å². The van der Waals surface area contributed by atoms with E-state index in [4.69, 9.17) is 10.5 Å². The third-order valence-corrected chi connectivity index (χ3v) is 4.57. The molecule has 1 amide bonds. The summed E-state index contributed by atoms with van der Waals surface area (Å²) in [6, 6.07) is 0.101. The van der Waals surface area contributed by atoms with Crippen molar-refractivity contribution < 1.29 is 9.53 Å². The molecule has 0 aromatic heterocycles. The number of amides is 1. The fourth-order valence-corrected chi connectivity index (χ4v) is 2.78. The highest BCUT2D eigenvalue weighted by Gasteiger charge is 2.40. The summed E-state index contributed by atoms with van der Waals surface area (Å²) in [6.45, 7) is 9.00. The van der Waals surface area contributed by atoms with Gasteiger partial charge in [0.1, 0.15) is 0 Å². The van der Waals surface area contributed by atoms with Crippen LogP contribution in [0.4, 0.5) is 0 Å². The van der Waals surface area contributed by atoms with Gasteiger partial charge in [0.05, 0.1) is 5.41 Å². The number of rotatable bonds is 6. The summed E-state index contributed by atoms with van der Waals surface area (Å²) in [5, 5.41) is 3.19. The zero-order valence-electron chi connectivity index (χ0n) is 13.7. The first kappa shape index (κ1) is 17.4. The summed E-state index contributed by atoms with van der Waals surface area (Å²) < 4.78 is 5.36. The number of nitrogens with two attached hydrogens (primary N) is 1. The summed E-state index contributed by atoms with van der Waals surface area (Å²) in [4.78, 5) is 14.8. The van der Waals surface area contributed by atoms with Crippen LogP contribution < -0.4 is 11.1 Å². The third-order valence-electron chi connectivity index (χ3n) is 4.57. The predicted molar refractivity (Wildman–Crippen MR) is 81.5 cm³/mol. The molecule has 1 atom stereocenters. The van der Waals surface area contributed by atoms with Gasteiger partial charge >= 0.3 is 0 Å². The van der Waals surface area contributed by atoms with E-state index >= 15 is 0 Å². The van der Waals surface area contributed by atoms with Gasteiger partial charge in [-0.05, 0) is 39.3 Å². The molecule has 3 N–H and O–H groups in total. The minimum absolute atomic E-state index is 0.0140. The average molecular weight is 285 g/mol. The Balaban J connectivity index is 2.68. The molecule has 118 valence electrons. The van der Waals surface area contributed by atoms with E-state index in [9.17, 15) is 4.79 Å². The highest BCUT2D eigenvalue weighted by atomic mass is 16.5. The first-order valence-electron chi connectivity index (χ1n) is 7.47. The molecule has 0 saturated carbocycles. The van der Waals surface area contributed by atoms with Crippen LogP contribution in [-0.4, -0.2) is 57.2 Å². The van der Waals surface area contributed by atoms with Crippen LogP contribution in [0.15, 0.2) is 0 Å². The van der Waals surface area contributed by atoms with E-state index in [2.05, 4.69) is 45.1 Å². The van der Waals surface area contributed by atoms with E-state index in [1.54, 1.807) is 0 Å². The maximum absolute atomic E-state index is 12.6. The van der Waals surface area contributed by atoms with Gasteiger partial charge in [0.15, 0.2) is 0 Å². The van der Waals surface area contributed by atoms with Gasteiger partial charge in [0.2, 0.25) is 5.91 Å². The van der Waals surface area contributed by atoms with Crippen LogP contribution >= 0.6 is 0 Å². The lowest BCUT2D eigenvalue weighted by molar-refractivity contribution is -0.137. The van der Waals surface area contributed by atoms with Crippen LogP contribution in [0.25, 0.3) is 0 Å². The molecular weight excluding hydrogens is 254 g/mol. The molecule has 1 fully saturated rings. The number of nitrogens with one attached hydrogen (secondary N) is 1. The molecule has 0 bridgehead atoms. The van der Waals surface area contributed by atoms with Gasteiger partial charge in [-0.25, -0.2) is 0 Å². The number of carbonyl (C=O) groups excluding carboxylic acids is 1. The van der Waals surface area contributed by atoms with Crippen LogP contribution in [0.3, 0.4) is 0 Å². The van der Waals surface area contributed by atoms with Gasteiger partial charge < -0.3 is 20.7 Å².